The van der Waals surface area contributed by atoms with Crippen LogP contribution in [0.3, 0.4) is 0 Å². The lowest BCUT2D eigenvalue weighted by Crippen LogP contribution is -2.37. The summed E-state index contributed by atoms with van der Waals surface area (Å²) < 4.78 is 6.56. The van der Waals surface area contributed by atoms with E-state index < -0.39 is 5.41 Å². The van der Waals surface area contributed by atoms with Crippen LogP contribution in [0.2, 0.25) is 0 Å². The van der Waals surface area contributed by atoms with Gasteiger partial charge in [0.1, 0.15) is 0 Å². The molecule has 0 bridgehead atoms. The van der Waals surface area contributed by atoms with Gasteiger partial charge in [0.15, 0.2) is 0 Å². The monoisotopic (exact) mass is 349 g/mol. The largest absolute Gasteiger partial charge is 0.465 e. The Morgan fingerprint density at radius 2 is 1.92 bits per heavy atom. The Morgan fingerprint density at radius 3 is 2.64 bits per heavy atom. The minimum absolute atomic E-state index is 0.296. The Bertz CT molecular complexity index is 921. The van der Waals surface area contributed by atoms with Crippen LogP contribution >= 0.6 is 11.3 Å². The number of carbonyl (C=O) groups excluding carboxylic acids is 1. The molecule has 1 atom stereocenters. The highest BCUT2D eigenvalue weighted by atomic mass is 32.1. The van der Waals surface area contributed by atoms with Crippen molar-refractivity contribution >= 4 is 27.4 Å². The molecule has 25 heavy (non-hydrogen) atoms. The molecule has 0 fully saturated rings. The summed E-state index contributed by atoms with van der Waals surface area (Å²) in [5.41, 5.74) is 0.330. The zero-order chi connectivity index (χ0) is 17.9. The van der Waals surface area contributed by atoms with Crippen LogP contribution in [0.5, 0.6) is 0 Å². The number of esters is 1. The van der Waals surface area contributed by atoms with E-state index in [1.54, 1.807) is 24.3 Å². The van der Waals surface area contributed by atoms with E-state index in [0.717, 1.165) is 4.88 Å². The number of hydrogen-bond donors (Lipinski definition) is 0. The Morgan fingerprint density at radius 1 is 1.20 bits per heavy atom. The average Bonchev–Trinajstić information content (AvgIpc) is 3.03. The summed E-state index contributed by atoms with van der Waals surface area (Å²) in [6.45, 7) is 3.98. The van der Waals surface area contributed by atoms with Crippen molar-refractivity contribution in [1.82, 2.24) is 0 Å². The van der Waals surface area contributed by atoms with Crippen LogP contribution in [0.25, 0.3) is 10.1 Å². The number of rotatable bonds is 5. The lowest BCUT2D eigenvalue weighted by atomic mass is 9.77. The van der Waals surface area contributed by atoms with E-state index in [2.05, 4.69) is 24.3 Å². The zero-order valence-electron chi connectivity index (χ0n) is 14.3. The van der Waals surface area contributed by atoms with Crippen molar-refractivity contribution in [3.05, 3.63) is 70.6 Å². The van der Waals surface area contributed by atoms with Gasteiger partial charge in [-0.05, 0) is 43.0 Å². The van der Waals surface area contributed by atoms with E-state index in [-0.39, 0.29) is 5.97 Å². The average molecular weight is 349 g/mol. The van der Waals surface area contributed by atoms with E-state index in [4.69, 9.17) is 4.74 Å². The van der Waals surface area contributed by atoms with Crippen molar-refractivity contribution in [3.8, 4) is 6.07 Å². The Labute approximate surface area is 151 Å². The third-order valence-corrected chi connectivity index (χ3v) is 5.49. The summed E-state index contributed by atoms with van der Waals surface area (Å²) in [6, 6.07) is 19.8. The summed E-state index contributed by atoms with van der Waals surface area (Å²) in [6.07, 6.45) is 0.504. The van der Waals surface area contributed by atoms with Crippen molar-refractivity contribution in [2.24, 2.45) is 0 Å². The second-order valence-electron chi connectivity index (χ2n) is 6.14. The zero-order valence-corrected chi connectivity index (χ0v) is 15.1. The van der Waals surface area contributed by atoms with Crippen LogP contribution in [-0.4, -0.2) is 12.6 Å². The van der Waals surface area contributed by atoms with Gasteiger partial charge in [0.2, 0.25) is 0 Å². The molecule has 2 aromatic carbocycles. The van der Waals surface area contributed by atoms with Gasteiger partial charge < -0.3 is 4.74 Å². The number of hydrogen-bond acceptors (Lipinski definition) is 4. The van der Waals surface area contributed by atoms with Crippen molar-refractivity contribution in [2.45, 2.75) is 25.7 Å². The molecule has 1 unspecified atom stereocenters. The first-order chi connectivity index (χ1) is 12.1. The van der Waals surface area contributed by atoms with Crippen LogP contribution in [-0.2, 0) is 21.4 Å². The number of benzene rings is 2. The summed E-state index contributed by atoms with van der Waals surface area (Å²) in [7, 11) is 0. The topological polar surface area (TPSA) is 50.1 Å². The summed E-state index contributed by atoms with van der Waals surface area (Å²) in [4.78, 5) is 13.9. The second-order valence-corrected chi connectivity index (χ2v) is 7.31. The molecule has 0 aliphatic carbocycles. The second kappa shape index (κ2) is 7.08. The molecule has 3 aromatic rings. The summed E-state index contributed by atoms with van der Waals surface area (Å²) in [5.74, 6) is -0.296. The molecule has 0 saturated carbocycles. The normalized spacial score (nSPS) is 13.2. The van der Waals surface area contributed by atoms with Gasteiger partial charge in [-0.3, -0.25) is 4.79 Å². The fourth-order valence-electron chi connectivity index (χ4n) is 3.10. The Balaban J connectivity index is 2.08. The first-order valence-electron chi connectivity index (χ1n) is 8.23. The van der Waals surface area contributed by atoms with Crippen LogP contribution < -0.4 is 0 Å². The molecule has 0 saturated heterocycles. The van der Waals surface area contributed by atoms with Gasteiger partial charge in [-0.1, -0.05) is 36.4 Å². The Kier molecular flexibility index (Phi) is 4.87. The van der Waals surface area contributed by atoms with E-state index >= 15 is 0 Å². The van der Waals surface area contributed by atoms with Gasteiger partial charge in [0.05, 0.1) is 23.7 Å². The Hall–Kier alpha value is -2.64. The van der Waals surface area contributed by atoms with Gasteiger partial charge >= 0.3 is 5.97 Å². The molecule has 126 valence electrons. The predicted molar refractivity (Wildman–Crippen MR) is 101 cm³/mol. The molecule has 3 rings (SSSR count). The quantitative estimate of drug-likeness (QED) is 0.620. The molecule has 0 aliphatic rings. The molecular weight excluding hydrogens is 330 g/mol. The maximum atomic E-state index is 12.8. The van der Waals surface area contributed by atoms with Gasteiger partial charge in [-0.25, -0.2) is 0 Å². The van der Waals surface area contributed by atoms with Crippen LogP contribution in [0, 0.1) is 11.3 Å². The number of nitrogens with zero attached hydrogens (tertiary/aromatic N) is 1. The minimum atomic E-state index is -0.900. The molecule has 4 heteroatoms. The molecule has 0 N–H and O–H groups in total. The molecular formula is C21H19NO2S. The third-order valence-electron chi connectivity index (χ3n) is 4.37. The maximum absolute atomic E-state index is 12.8. The lowest BCUT2D eigenvalue weighted by Gasteiger charge is -2.28. The van der Waals surface area contributed by atoms with Gasteiger partial charge in [0, 0.05) is 16.0 Å². The highest BCUT2D eigenvalue weighted by Crippen LogP contribution is 2.36. The van der Waals surface area contributed by atoms with E-state index in [9.17, 15) is 10.1 Å². The SMILES string of the molecule is CCOC(=O)C(C)(Cc1cc2ccccc2s1)c1ccccc1C#N. The van der Waals surface area contributed by atoms with Crippen LogP contribution in [0.4, 0.5) is 0 Å². The number of nitriles is 1. The minimum Gasteiger partial charge on any atom is -0.465 e. The first-order valence-corrected chi connectivity index (χ1v) is 9.04. The third kappa shape index (κ3) is 3.29. The van der Waals surface area contributed by atoms with Crippen molar-refractivity contribution < 1.29 is 9.53 Å². The summed E-state index contributed by atoms with van der Waals surface area (Å²) >= 11 is 1.68. The maximum Gasteiger partial charge on any atom is 0.316 e. The van der Waals surface area contributed by atoms with Crippen molar-refractivity contribution in [3.63, 3.8) is 0 Å². The number of fused-ring (bicyclic) bond motifs is 1. The summed E-state index contributed by atoms with van der Waals surface area (Å²) in [5, 5.41) is 10.6. The smallest absolute Gasteiger partial charge is 0.316 e. The molecule has 0 amide bonds. The predicted octanol–water partition coefficient (Wildman–Crippen LogP) is 4.84. The van der Waals surface area contributed by atoms with Crippen LogP contribution in [0.1, 0.15) is 29.9 Å². The lowest BCUT2D eigenvalue weighted by molar-refractivity contribution is -0.149. The van der Waals surface area contributed by atoms with Crippen LogP contribution in [0.15, 0.2) is 54.6 Å². The van der Waals surface area contributed by atoms with Gasteiger partial charge in [-0.2, -0.15) is 5.26 Å². The molecule has 1 heterocycles. The molecule has 0 aliphatic heterocycles. The number of carbonyl (C=O) groups is 1. The van der Waals surface area contributed by atoms with Gasteiger partial charge in [-0.15, -0.1) is 11.3 Å². The fourth-order valence-corrected chi connectivity index (χ4v) is 4.32. The van der Waals surface area contributed by atoms with Crippen molar-refractivity contribution in [1.29, 1.82) is 5.26 Å². The highest BCUT2D eigenvalue weighted by Gasteiger charge is 2.39. The van der Waals surface area contributed by atoms with E-state index in [1.807, 2.05) is 37.3 Å². The number of ether oxygens (including phenoxy) is 1. The first kappa shape index (κ1) is 17.2. The number of thiophene rings is 1. The highest BCUT2D eigenvalue weighted by molar-refractivity contribution is 7.19. The standard InChI is InChI=1S/C21H19NO2S/c1-3-24-20(23)21(2,18-10-6-4-9-16(18)14-22)13-17-12-15-8-5-7-11-19(15)25-17/h4-12H,3,13H2,1-2H3. The molecule has 1 aromatic heterocycles. The van der Waals surface area contributed by atoms with E-state index in [0.29, 0.717) is 24.2 Å². The fraction of sp³-hybridized carbons (Fsp3) is 0.238. The molecule has 0 radical (unpaired) electrons. The van der Waals surface area contributed by atoms with Crippen molar-refractivity contribution in [2.75, 3.05) is 6.61 Å². The van der Waals surface area contributed by atoms with E-state index in [1.165, 1.54) is 10.1 Å². The van der Waals surface area contributed by atoms with Gasteiger partial charge in [0.25, 0.3) is 0 Å². The molecule has 3 nitrogen and oxygen atoms in total. The molecule has 0 spiro atoms.